The second kappa shape index (κ2) is 6.59. The van der Waals surface area contributed by atoms with Crippen molar-refractivity contribution < 1.29 is 9.53 Å². The van der Waals surface area contributed by atoms with Crippen LogP contribution in [-0.4, -0.2) is 17.1 Å². The van der Waals surface area contributed by atoms with Crippen molar-refractivity contribution >= 4 is 11.7 Å². The number of carbonyl (C=O) groups is 1. The average molecular weight is 235 g/mol. The van der Waals surface area contributed by atoms with Crippen LogP contribution in [0, 0.1) is 11.3 Å². The highest BCUT2D eigenvalue weighted by atomic mass is 16.5. The van der Waals surface area contributed by atoms with Gasteiger partial charge in [-0.1, -0.05) is 6.92 Å². The fraction of sp³-hybridized carbons (Fsp3) is 0.500. The van der Waals surface area contributed by atoms with Crippen LogP contribution in [0.25, 0.3) is 0 Å². The number of esters is 1. The van der Waals surface area contributed by atoms with Crippen LogP contribution < -0.4 is 5.73 Å². The SMILES string of the molecule is CCCn1cc(N)cc1C(=O)OCCCC#N. The lowest BCUT2D eigenvalue weighted by Crippen LogP contribution is -2.12. The number of unbranched alkanes of at least 4 members (excludes halogenated alkanes) is 1. The lowest BCUT2D eigenvalue weighted by Gasteiger charge is -2.07. The number of anilines is 1. The Morgan fingerprint density at radius 1 is 1.65 bits per heavy atom. The van der Waals surface area contributed by atoms with Gasteiger partial charge in [-0.25, -0.2) is 4.79 Å². The molecule has 0 aliphatic heterocycles. The summed E-state index contributed by atoms with van der Waals surface area (Å²) < 4.78 is 6.86. The Kier molecular flexibility index (Phi) is 5.08. The first-order chi connectivity index (χ1) is 8.19. The molecule has 0 amide bonds. The normalized spacial score (nSPS) is 9.88. The number of nitrogens with zero attached hydrogens (tertiary/aromatic N) is 2. The summed E-state index contributed by atoms with van der Waals surface area (Å²) >= 11 is 0. The number of rotatable bonds is 6. The second-order valence-electron chi connectivity index (χ2n) is 3.75. The van der Waals surface area contributed by atoms with Crippen LogP contribution in [0.2, 0.25) is 0 Å². The molecule has 0 spiro atoms. The Bertz CT molecular complexity index is 418. The summed E-state index contributed by atoms with van der Waals surface area (Å²) in [5, 5.41) is 8.35. The highest BCUT2D eigenvalue weighted by Crippen LogP contribution is 2.12. The quantitative estimate of drug-likeness (QED) is 0.603. The van der Waals surface area contributed by atoms with E-state index in [4.69, 9.17) is 15.7 Å². The van der Waals surface area contributed by atoms with Crippen LogP contribution in [0.5, 0.6) is 0 Å². The maximum absolute atomic E-state index is 11.7. The fourth-order valence-corrected chi connectivity index (χ4v) is 1.52. The van der Waals surface area contributed by atoms with Gasteiger partial charge in [-0.3, -0.25) is 0 Å². The number of hydrogen-bond acceptors (Lipinski definition) is 4. The van der Waals surface area contributed by atoms with Crippen molar-refractivity contribution in [1.29, 1.82) is 5.26 Å². The third-order valence-corrected chi connectivity index (χ3v) is 2.26. The lowest BCUT2D eigenvalue weighted by molar-refractivity contribution is 0.0489. The monoisotopic (exact) mass is 235 g/mol. The van der Waals surface area contributed by atoms with Crippen LogP contribution in [0.4, 0.5) is 5.69 Å². The van der Waals surface area contributed by atoms with Crippen molar-refractivity contribution in [3.8, 4) is 6.07 Å². The Labute approximate surface area is 101 Å². The maximum Gasteiger partial charge on any atom is 0.355 e. The first-order valence-electron chi connectivity index (χ1n) is 5.68. The molecule has 0 aliphatic carbocycles. The Morgan fingerprint density at radius 2 is 2.41 bits per heavy atom. The molecule has 0 unspecified atom stereocenters. The van der Waals surface area contributed by atoms with Gasteiger partial charge in [0.2, 0.25) is 0 Å². The van der Waals surface area contributed by atoms with Crippen molar-refractivity contribution in [3.05, 3.63) is 18.0 Å². The number of nitrogen functional groups attached to an aromatic ring is 1. The zero-order chi connectivity index (χ0) is 12.7. The van der Waals surface area contributed by atoms with E-state index in [0.717, 1.165) is 13.0 Å². The van der Waals surface area contributed by atoms with Crippen LogP contribution in [0.1, 0.15) is 36.7 Å². The molecule has 17 heavy (non-hydrogen) atoms. The van der Waals surface area contributed by atoms with E-state index >= 15 is 0 Å². The number of aromatic nitrogens is 1. The van der Waals surface area contributed by atoms with Gasteiger partial charge in [-0.05, 0) is 18.9 Å². The Hall–Kier alpha value is -1.96. The summed E-state index contributed by atoms with van der Waals surface area (Å²) in [4.78, 5) is 11.7. The van der Waals surface area contributed by atoms with E-state index in [2.05, 4.69) is 0 Å². The van der Waals surface area contributed by atoms with Crippen molar-refractivity contribution in [1.82, 2.24) is 4.57 Å². The average Bonchev–Trinajstić information content (AvgIpc) is 2.66. The molecular formula is C12H17N3O2. The zero-order valence-electron chi connectivity index (χ0n) is 9.98. The number of hydrogen-bond donors (Lipinski definition) is 1. The standard InChI is InChI=1S/C12H17N3O2/c1-2-6-15-9-10(14)8-11(15)12(16)17-7-4-3-5-13/h8-9H,2-4,6-7,14H2,1H3. The van der Waals surface area contributed by atoms with E-state index in [1.807, 2.05) is 13.0 Å². The predicted octanol–water partition coefficient (Wildman–Crippen LogP) is 1.94. The first-order valence-corrected chi connectivity index (χ1v) is 5.68. The molecule has 5 heteroatoms. The molecule has 5 nitrogen and oxygen atoms in total. The minimum absolute atomic E-state index is 0.267. The number of nitrogens with two attached hydrogens (primary N) is 1. The summed E-state index contributed by atoms with van der Waals surface area (Å²) in [7, 11) is 0. The van der Waals surface area contributed by atoms with E-state index in [1.54, 1.807) is 16.8 Å². The van der Waals surface area contributed by atoms with Gasteiger partial charge in [-0.2, -0.15) is 5.26 Å². The van der Waals surface area contributed by atoms with Gasteiger partial charge in [-0.15, -0.1) is 0 Å². The molecule has 1 heterocycles. The minimum atomic E-state index is -0.381. The van der Waals surface area contributed by atoms with Gasteiger partial charge in [0.1, 0.15) is 5.69 Å². The Morgan fingerprint density at radius 3 is 3.06 bits per heavy atom. The van der Waals surface area contributed by atoms with Gasteiger partial charge in [0.25, 0.3) is 0 Å². The fourth-order valence-electron chi connectivity index (χ4n) is 1.52. The van der Waals surface area contributed by atoms with Gasteiger partial charge in [0.05, 0.1) is 18.4 Å². The molecule has 0 saturated carbocycles. The molecule has 0 radical (unpaired) electrons. The van der Waals surface area contributed by atoms with Crippen LogP contribution in [0.3, 0.4) is 0 Å². The minimum Gasteiger partial charge on any atom is -0.461 e. The van der Waals surface area contributed by atoms with Gasteiger partial charge >= 0.3 is 5.97 Å². The van der Waals surface area contributed by atoms with Gasteiger partial charge in [0, 0.05) is 19.2 Å². The van der Waals surface area contributed by atoms with E-state index in [-0.39, 0.29) is 12.6 Å². The van der Waals surface area contributed by atoms with Crippen molar-refractivity contribution in [3.63, 3.8) is 0 Å². The largest absolute Gasteiger partial charge is 0.461 e. The van der Waals surface area contributed by atoms with Crippen LogP contribution in [0.15, 0.2) is 12.3 Å². The summed E-state index contributed by atoms with van der Waals surface area (Å²) in [5.74, 6) is -0.381. The third-order valence-electron chi connectivity index (χ3n) is 2.26. The third kappa shape index (κ3) is 3.83. The summed E-state index contributed by atoms with van der Waals surface area (Å²) in [6, 6.07) is 3.61. The molecule has 1 aromatic rings. The lowest BCUT2D eigenvalue weighted by atomic mass is 10.3. The summed E-state index contributed by atoms with van der Waals surface area (Å²) in [6.45, 7) is 3.03. The molecule has 0 aliphatic rings. The molecule has 0 aromatic carbocycles. The molecule has 0 saturated heterocycles. The maximum atomic E-state index is 11.7. The second-order valence-corrected chi connectivity index (χ2v) is 3.75. The van der Waals surface area contributed by atoms with Crippen molar-refractivity contribution in [2.75, 3.05) is 12.3 Å². The molecular weight excluding hydrogens is 218 g/mol. The van der Waals surface area contributed by atoms with E-state index in [0.29, 0.717) is 24.2 Å². The van der Waals surface area contributed by atoms with E-state index in [9.17, 15) is 4.79 Å². The van der Waals surface area contributed by atoms with E-state index < -0.39 is 0 Å². The molecule has 0 atom stereocenters. The summed E-state index contributed by atoms with van der Waals surface area (Å²) in [5.41, 5.74) is 6.68. The number of nitriles is 1. The van der Waals surface area contributed by atoms with Crippen molar-refractivity contribution in [2.45, 2.75) is 32.7 Å². The number of carbonyl (C=O) groups excluding carboxylic acids is 1. The molecule has 0 fully saturated rings. The summed E-state index contributed by atoms with van der Waals surface area (Å²) in [6.07, 6.45) is 3.61. The van der Waals surface area contributed by atoms with Crippen LogP contribution in [-0.2, 0) is 11.3 Å². The molecule has 0 bridgehead atoms. The molecule has 1 aromatic heterocycles. The smallest absolute Gasteiger partial charge is 0.355 e. The molecule has 1 rings (SSSR count). The highest BCUT2D eigenvalue weighted by molar-refractivity contribution is 5.89. The zero-order valence-corrected chi connectivity index (χ0v) is 9.98. The molecule has 92 valence electrons. The van der Waals surface area contributed by atoms with Crippen LogP contribution >= 0.6 is 0 Å². The van der Waals surface area contributed by atoms with Crippen molar-refractivity contribution in [2.24, 2.45) is 0 Å². The number of aryl methyl sites for hydroxylation is 1. The van der Waals surface area contributed by atoms with E-state index in [1.165, 1.54) is 0 Å². The highest BCUT2D eigenvalue weighted by Gasteiger charge is 2.13. The molecule has 2 N–H and O–H groups in total. The van der Waals surface area contributed by atoms with Gasteiger partial charge < -0.3 is 15.0 Å². The first kappa shape index (κ1) is 13.1. The predicted molar refractivity (Wildman–Crippen MR) is 64.3 cm³/mol. The number of ether oxygens (including phenoxy) is 1. The topological polar surface area (TPSA) is 81.0 Å². The Balaban J connectivity index is 2.58. The van der Waals surface area contributed by atoms with Gasteiger partial charge in [0.15, 0.2) is 0 Å².